The molecule has 0 saturated carbocycles. The van der Waals surface area contributed by atoms with Gasteiger partial charge in [0.05, 0.1) is 18.7 Å². The van der Waals surface area contributed by atoms with Crippen molar-refractivity contribution in [1.29, 1.82) is 0 Å². The lowest BCUT2D eigenvalue weighted by Gasteiger charge is -2.23. The van der Waals surface area contributed by atoms with Crippen LogP contribution in [0.5, 0.6) is 11.5 Å². The summed E-state index contributed by atoms with van der Waals surface area (Å²) >= 11 is 6.29. The number of ketones is 1. The van der Waals surface area contributed by atoms with E-state index >= 15 is 0 Å². The summed E-state index contributed by atoms with van der Waals surface area (Å²) in [5, 5.41) is 12.0. The Bertz CT molecular complexity index is 1230. The molecule has 7 heteroatoms. The van der Waals surface area contributed by atoms with Crippen LogP contribution in [0.2, 0.25) is 5.02 Å². The molecule has 0 radical (unpaired) electrons. The number of rotatable bonds is 5. The van der Waals surface area contributed by atoms with Crippen molar-refractivity contribution in [3.63, 3.8) is 0 Å². The zero-order chi connectivity index (χ0) is 22.3. The van der Waals surface area contributed by atoms with Gasteiger partial charge < -0.3 is 19.5 Å². The standard InChI is InChI=1S/C25H20ClNO5/c26-19-7-3-1-5-17(19)15-27-20-8-4-2-6-18(20)25(30,24(27)29)14-21(28)16-9-10-22-23(13-16)32-12-11-31-22/h1-10,13,30H,11-12,14-15H2/t25-/m0/s1. The van der Waals surface area contributed by atoms with Crippen LogP contribution in [-0.2, 0) is 16.9 Å². The molecule has 1 atom stereocenters. The number of hydrogen-bond acceptors (Lipinski definition) is 5. The van der Waals surface area contributed by atoms with E-state index < -0.39 is 11.5 Å². The summed E-state index contributed by atoms with van der Waals surface area (Å²) in [7, 11) is 0. The van der Waals surface area contributed by atoms with Gasteiger partial charge in [-0.15, -0.1) is 0 Å². The first-order valence-corrected chi connectivity index (χ1v) is 10.7. The predicted molar refractivity (Wildman–Crippen MR) is 119 cm³/mol. The lowest BCUT2D eigenvalue weighted by Crippen LogP contribution is -2.41. The summed E-state index contributed by atoms with van der Waals surface area (Å²) in [5.41, 5.74) is 0.0948. The summed E-state index contributed by atoms with van der Waals surface area (Å²) < 4.78 is 11.1. The van der Waals surface area contributed by atoms with E-state index in [2.05, 4.69) is 0 Å². The fourth-order valence-electron chi connectivity index (χ4n) is 4.18. The molecule has 6 nitrogen and oxygen atoms in total. The van der Waals surface area contributed by atoms with Crippen LogP contribution in [0.3, 0.4) is 0 Å². The summed E-state index contributed by atoms with van der Waals surface area (Å²) in [4.78, 5) is 28.0. The summed E-state index contributed by atoms with van der Waals surface area (Å²) in [6.45, 7) is 1.04. The molecule has 0 aromatic heterocycles. The van der Waals surface area contributed by atoms with Gasteiger partial charge in [0.1, 0.15) is 13.2 Å². The molecule has 2 heterocycles. The Morgan fingerprint density at radius 3 is 2.53 bits per heavy atom. The molecule has 0 spiro atoms. The second-order valence-electron chi connectivity index (χ2n) is 7.82. The minimum absolute atomic E-state index is 0.191. The molecule has 5 rings (SSSR count). The third-order valence-corrected chi connectivity index (χ3v) is 6.17. The Balaban J connectivity index is 1.46. The van der Waals surface area contributed by atoms with Gasteiger partial charge in [0.15, 0.2) is 22.9 Å². The van der Waals surface area contributed by atoms with Gasteiger partial charge in [-0.2, -0.15) is 0 Å². The number of carbonyl (C=O) groups excluding carboxylic acids is 2. The first-order chi connectivity index (χ1) is 15.5. The molecule has 1 amide bonds. The van der Waals surface area contributed by atoms with E-state index in [1.165, 1.54) is 4.90 Å². The van der Waals surface area contributed by atoms with E-state index in [0.29, 0.717) is 46.5 Å². The van der Waals surface area contributed by atoms with E-state index in [9.17, 15) is 14.7 Å². The number of anilines is 1. The van der Waals surface area contributed by atoms with Gasteiger partial charge in [-0.25, -0.2) is 0 Å². The number of Topliss-reactive ketones (excluding diaryl/α,β-unsaturated/α-hetero) is 1. The SMILES string of the molecule is O=C(C[C@@]1(O)C(=O)N(Cc2ccccc2Cl)c2ccccc21)c1ccc2c(c1)OCCO2. The van der Waals surface area contributed by atoms with E-state index in [1.807, 2.05) is 18.2 Å². The molecule has 0 fully saturated rings. The van der Waals surface area contributed by atoms with Gasteiger partial charge >= 0.3 is 0 Å². The average Bonchev–Trinajstić information content (AvgIpc) is 3.02. The first-order valence-electron chi connectivity index (χ1n) is 10.3. The summed E-state index contributed by atoms with van der Waals surface area (Å²) in [6.07, 6.45) is -0.387. The zero-order valence-corrected chi connectivity index (χ0v) is 17.8. The van der Waals surface area contributed by atoms with Crippen LogP contribution in [0.25, 0.3) is 0 Å². The van der Waals surface area contributed by atoms with E-state index in [4.69, 9.17) is 21.1 Å². The summed E-state index contributed by atoms with van der Waals surface area (Å²) in [6, 6.07) is 19.1. The molecule has 3 aromatic rings. The fourth-order valence-corrected chi connectivity index (χ4v) is 4.38. The van der Waals surface area contributed by atoms with E-state index in [0.717, 1.165) is 5.56 Å². The predicted octanol–water partition coefficient (Wildman–Crippen LogP) is 4.12. The second-order valence-corrected chi connectivity index (χ2v) is 8.23. The van der Waals surface area contributed by atoms with Crippen LogP contribution in [-0.4, -0.2) is 30.0 Å². The third-order valence-electron chi connectivity index (χ3n) is 5.81. The highest BCUT2D eigenvalue weighted by atomic mass is 35.5. The first kappa shape index (κ1) is 20.5. The van der Waals surface area contributed by atoms with Crippen LogP contribution in [0.4, 0.5) is 5.69 Å². The Hall–Kier alpha value is -3.35. The molecule has 0 bridgehead atoms. The number of para-hydroxylation sites is 1. The van der Waals surface area contributed by atoms with Crippen molar-refractivity contribution in [3.05, 3.63) is 88.4 Å². The maximum Gasteiger partial charge on any atom is 0.264 e. The van der Waals surface area contributed by atoms with Crippen molar-refractivity contribution in [2.75, 3.05) is 18.1 Å². The van der Waals surface area contributed by atoms with Gasteiger partial charge in [-0.1, -0.05) is 48.0 Å². The number of hydrogen-bond donors (Lipinski definition) is 1. The van der Waals surface area contributed by atoms with E-state index in [-0.39, 0.29) is 18.7 Å². The lowest BCUT2D eigenvalue weighted by molar-refractivity contribution is -0.136. The van der Waals surface area contributed by atoms with Crippen molar-refractivity contribution in [2.24, 2.45) is 0 Å². The molecule has 2 aliphatic rings. The van der Waals surface area contributed by atoms with Gasteiger partial charge in [0, 0.05) is 16.1 Å². The molecule has 0 unspecified atom stereocenters. The Kier molecular flexibility index (Phi) is 5.12. The molecule has 3 aromatic carbocycles. The molecule has 1 N–H and O–H groups in total. The number of benzene rings is 3. The van der Waals surface area contributed by atoms with Crippen molar-refractivity contribution in [3.8, 4) is 11.5 Å². The number of ether oxygens (including phenoxy) is 2. The number of amides is 1. The minimum Gasteiger partial charge on any atom is -0.486 e. The number of nitrogens with zero attached hydrogens (tertiary/aromatic N) is 1. The fraction of sp³-hybridized carbons (Fsp3) is 0.200. The zero-order valence-electron chi connectivity index (χ0n) is 17.1. The Labute approximate surface area is 189 Å². The van der Waals surface area contributed by atoms with Crippen LogP contribution in [0.15, 0.2) is 66.7 Å². The van der Waals surface area contributed by atoms with Crippen molar-refractivity contribution < 1.29 is 24.2 Å². The molecular weight excluding hydrogens is 430 g/mol. The molecule has 32 heavy (non-hydrogen) atoms. The minimum atomic E-state index is -1.97. The van der Waals surface area contributed by atoms with Crippen LogP contribution in [0, 0.1) is 0 Å². The topological polar surface area (TPSA) is 76.1 Å². The average molecular weight is 450 g/mol. The normalized spacial score (nSPS) is 19.1. The molecule has 0 saturated heterocycles. The number of carbonyl (C=O) groups is 2. The number of fused-ring (bicyclic) bond motifs is 2. The smallest absolute Gasteiger partial charge is 0.264 e. The van der Waals surface area contributed by atoms with Gasteiger partial charge in [-0.3, -0.25) is 9.59 Å². The van der Waals surface area contributed by atoms with Crippen LogP contribution >= 0.6 is 11.6 Å². The quantitative estimate of drug-likeness (QED) is 0.593. The molecule has 0 aliphatic carbocycles. The molecule has 2 aliphatic heterocycles. The van der Waals surface area contributed by atoms with Gasteiger partial charge in [0.25, 0.3) is 5.91 Å². The highest BCUT2D eigenvalue weighted by molar-refractivity contribution is 6.31. The molecular formula is C25H20ClNO5. The Morgan fingerprint density at radius 2 is 1.72 bits per heavy atom. The van der Waals surface area contributed by atoms with Crippen LogP contribution < -0.4 is 14.4 Å². The maximum atomic E-state index is 13.4. The second kappa shape index (κ2) is 7.97. The highest BCUT2D eigenvalue weighted by Gasteiger charge is 2.50. The van der Waals surface area contributed by atoms with E-state index in [1.54, 1.807) is 48.5 Å². The molecule has 162 valence electrons. The van der Waals surface area contributed by atoms with Crippen molar-refractivity contribution in [1.82, 2.24) is 0 Å². The number of aliphatic hydroxyl groups is 1. The monoisotopic (exact) mass is 449 g/mol. The number of halogens is 1. The third kappa shape index (κ3) is 3.42. The van der Waals surface area contributed by atoms with Crippen LogP contribution in [0.1, 0.15) is 27.9 Å². The lowest BCUT2D eigenvalue weighted by atomic mass is 9.88. The van der Waals surface area contributed by atoms with Crippen molar-refractivity contribution >= 4 is 29.0 Å². The van der Waals surface area contributed by atoms with Crippen molar-refractivity contribution in [2.45, 2.75) is 18.6 Å². The van der Waals surface area contributed by atoms with Gasteiger partial charge in [-0.05, 0) is 35.9 Å². The Morgan fingerprint density at radius 1 is 1.00 bits per heavy atom. The van der Waals surface area contributed by atoms with Gasteiger partial charge in [0.2, 0.25) is 0 Å². The largest absolute Gasteiger partial charge is 0.486 e. The highest BCUT2D eigenvalue weighted by Crippen LogP contribution is 2.44. The summed E-state index contributed by atoms with van der Waals surface area (Å²) in [5.74, 6) is 0.129. The maximum absolute atomic E-state index is 13.4.